The van der Waals surface area contributed by atoms with Gasteiger partial charge < -0.3 is 4.74 Å². The number of halogens is 3. The summed E-state index contributed by atoms with van der Waals surface area (Å²) in [6, 6.07) is 5.29. The highest BCUT2D eigenvalue weighted by Crippen LogP contribution is 2.36. The molecular formula is C12H14F3NOS. The number of ether oxygens (including phenoxy) is 1. The van der Waals surface area contributed by atoms with Crippen LogP contribution in [0.15, 0.2) is 18.2 Å². The predicted molar refractivity (Wildman–Crippen MR) is 65.8 cm³/mol. The third-order valence-corrected chi connectivity index (χ3v) is 3.32. The van der Waals surface area contributed by atoms with E-state index < -0.39 is 12.8 Å². The van der Waals surface area contributed by atoms with E-state index in [1.54, 1.807) is 12.1 Å². The van der Waals surface area contributed by atoms with Gasteiger partial charge in [-0.25, -0.2) is 0 Å². The molecule has 18 heavy (non-hydrogen) atoms. The Hall–Kier alpha value is -0.880. The highest BCUT2D eigenvalue weighted by atomic mass is 32.1. The fraction of sp³-hybridized carbons (Fsp3) is 0.500. The standard InChI is InChI=1S/C12H14F3NOS/c13-12(14,15)7-17-11-6-2-3-8-9(11)4-1-5-10(8)16-18/h2-3,6,10,16,18H,1,4-5,7H2. The quantitative estimate of drug-likeness (QED) is 0.826. The largest absolute Gasteiger partial charge is 0.484 e. The average Bonchev–Trinajstić information content (AvgIpc) is 2.34. The number of fused-ring (bicyclic) bond motifs is 1. The number of rotatable bonds is 3. The molecule has 1 aromatic carbocycles. The number of hydrogen-bond acceptors (Lipinski definition) is 3. The molecule has 0 aliphatic heterocycles. The zero-order valence-corrected chi connectivity index (χ0v) is 10.5. The number of benzene rings is 1. The van der Waals surface area contributed by atoms with Crippen molar-refractivity contribution in [2.75, 3.05) is 6.61 Å². The molecule has 1 atom stereocenters. The fourth-order valence-electron chi connectivity index (χ4n) is 2.24. The molecular weight excluding hydrogens is 263 g/mol. The van der Waals surface area contributed by atoms with E-state index in [2.05, 4.69) is 17.5 Å². The molecule has 1 unspecified atom stereocenters. The van der Waals surface area contributed by atoms with Gasteiger partial charge in [0.1, 0.15) is 5.75 Å². The van der Waals surface area contributed by atoms with E-state index in [1.807, 2.05) is 6.07 Å². The lowest BCUT2D eigenvalue weighted by atomic mass is 9.87. The zero-order valence-electron chi connectivity index (χ0n) is 9.63. The average molecular weight is 277 g/mol. The Bertz CT molecular complexity index is 422. The topological polar surface area (TPSA) is 21.3 Å². The fourth-order valence-corrected chi connectivity index (χ4v) is 2.51. The lowest BCUT2D eigenvalue weighted by Crippen LogP contribution is -2.22. The van der Waals surface area contributed by atoms with Crippen LogP contribution < -0.4 is 9.46 Å². The molecule has 1 aliphatic carbocycles. The summed E-state index contributed by atoms with van der Waals surface area (Å²) in [6.45, 7) is -1.25. The predicted octanol–water partition coefficient (Wildman–Crippen LogP) is 3.44. The monoisotopic (exact) mass is 277 g/mol. The van der Waals surface area contributed by atoms with E-state index in [1.165, 1.54) is 0 Å². The molecule has 2 nitrogen and oxygen atoms in total. The van der Waals surface area contributed by atoms with E-state index in [0.29, 0.717) is 5.75 Å². The summed E-state index contributed by atoms with van der Waals surface area (Å²) >= 11 is 4.05. The van der Waals surface area contributed by atoms with Crippen LogP contribution in [-0.2, 0) is 6.42 Å². The van der Waals surface area contributed by atoms with Crippen molar-refractivity contribution >= 4 is 12.8 Å². The number of alkyl halides is 3. The maximum atomic E-state index is 12.2. The Kier molecular flexibility index (Phi) is 4.07. The molecule has 1 aliphatic rings. The van der Waals surface area contributed by atoms with Crippen molar-refractivity contribution in [1.29, 1.82) is 0 Å². The Morgan fingerprint density at radius 3 is 2.83 bits per heavy atom. The second kappa shape index (κ2) is 5.40. The van der Waals surface area contributed by atoms with Crippen LogP contribution in [0.3, 0.4) is 0 Å². The molecule has 1 aromatic rings. The van der Waals surface area contributed by atoms with Crippen LogP contribution >= 0.6 is 12.8 Å². The van der Waals surface area contributed by atoms with Crippen LogP contribution in [0.1, 0.15) is 30.0 Å². The van der Waals surface area contributed by atoms with Gasteiger partial charge in [0.05, 0.1) is 0 Å². The molecule has 1 N–H and O–H groups in total. The van der Waals surface area contributed by atoms with Gasteiger partial charge in [0.15, 0.2) is 6.61 Å². The van der Waals surface area contributed by atoms with Crippen molar-refractivity contribution in [3.63, 3.8) is 0 Å². The van der Waals surface area contributed by atoms with Crippen molar-refractivity contribution in [3.8, 4) is 5.75 Å². The second-order valence-corrected chi connectivity index (χ2v) is 4.56. The molecule has 0 radical (unpaired) electrons. The summed E-state index contributed by atoms with van der Waals surface area (Å²) in [5.74, 6) is 0.332. The first-order valence-corrected chi connectivity index (χ1v) is 6.17. The van der Waals surface area contributed by atoms with Gasteiger partial charge in [0.2, 0.25) is 0 Å². The normalized spacial score (nSPS) is 19.4. The van der Waals surface area contributed by atoms with Gasteiger partial charge in [0.25, 0.3) is 0 Å². The van der Waals surface area contributed by atoms with Crippen molar-refractivity contribution in [3.05, 3.63) is 29.3 Å². The van der Waals surface area contributed by atoms with Gasteiger partial charge in [0, 0.05) is 6.04 Å². The van der Waals surface area contributed by atoms with Crippen LogP contribution in [0.5, 0.6) is 5.75 Å². The van der Waals surface area contributed by atoms with E-state index >= 15 is 0 Å². The van der Waals surface area contributed by atoms with Crippen molar-refractivity contribution in [1.82, 2.24) is 4.72 Å². The van der Waals surface area contributed by atoms with Crippen LogP contribution in [0.2, 0.25) is 0 Å². The zero-order chi connectivity index (χ0) is 13.2. The smallest absolute Gasteiger partial charge is 0.422 e. The Balaban J connectivity index is 2.22. The molecule has 0 heterocycles. The van der Waals surface area contributed by atoms with E-state index in [-0.39, 0.29) is 6.04 Å². The third kappa shape index (κ3) is 3.11. The van der Waals surface area contributed by atoms with Crippen LogP contribution in [0.4, 0.5) is 13.2 Å². The molecule has 2 rings (SSSR count). The Morgan fingerprint density at radius 2 is 2.17 bits per heavy atom. The SMILES string of the molecule is FC(F)(F)COc1cccc2c1CCCC2NS. The summed E-state index contributed by atoms with van der Waals surface area (Å²) in [5.41, 5.74) is 1.84. The molecule has 6 heteroatoms. The number of hydrogen-bond donors (Lipinski definition) is 2. The minimum atomic E-state index is -4.31. The van der Waals surface area contributed by atoms with Gasteiger partial charge in [-0.3, -0.25) is 4.72 Å². The van der Waals surface area contributed by atoms with Crippen LogP contribution in [-0.4, -0.2) is 12.8 Å². The lowest BCUT2D eigenvalue weighted by Gasteiger charge is -2.26. The first kappa shape index (κ1) is 13.5. The number of nitrogens with one attached hydrogen (secondary N) is 1. The van der Waals surface area contributed by atoms with Gasteiger partial charge in [-0.15, -0.1) is 0 Å². The van der Waals surface area contributed by atoms with Crippen LogP contribution in [0.25, 0.3) is 0 Å². The molecule has 0 bridgehead atoms. The Labute approximate surface area is 109 Å². The summed E-state index contributed by atoms with van der Waals surface area (Å²) in [4.78, 5) is 0. The Morgan fingerprint density at radius 1 is 1.39 bits per heavy atom. The third-order valence-electron chi connectivity index (χ3n) is 3.01. The van der Waals surface area contributed by atoms with Crippen molar-refractivity contribution in [2.45, 2.75) is 31.5 Å². The molecule has 0 fully saturated rings. The summed E-state index contributed by atoms with van der Waals surface area (Å²) < 4.78 is 44.3. The highest BCUT2D eigenvalue weighted by molar-refractivity contribution is 7.78. The van der Waals surface area contributed by atoms with E-state index in [9.17, 15) is 13.2 Å². The second-order valence-electron chi connectivity index (χ2n) is 4.30. The minimum absolute atomic E-state index is 0.0755. The van der Waals surface area contributed by atoms with Crippen molar-refractivity contribution in [2.24, 2.45) is 0 Å². The first-order chi connectivity index (χ1) is 8.51. The lowest BCUT2D eigenvalue weighted by molar-refractivity contribution is -0.153. The van der Waals surface area contributed by atoms with E-state index in [0.717, 1.165) is 30.4 Å². The van der Waals surface area contributed by atoms with Gasteiger partial charge in [-0.1, -0.05) is 24.9 Å². The molecule has 0 amide bonds. The minimum Gasteiger partial charge on any atom is -0.484 e. The molecule has 0 spiro atoms. The van der Waals surface area contributed by atoms with E-state index in [4.69, 9.17) is 4.74 Å². The first-order valence-electron chi connectivity index (χ1n) is 5.72. The highest BCUT2D eigenvalue weighted by Gasteiger charge is 2.29. The van der Waals surface area contributed by atoms with Gasteiger partial charge in [-0.2, -0.15) is 13.2 Å². The summed E-state index contributed by atoms with van der Waals surface area (Å²) in [6.07, 6.45) is -1.72. The molecule has 0 aromatic heterocycles. The van der Waals surface area contributed by atoms with Crippen molar-refractivity contribution < 1.29 is 17.9 Å². The molecule has 0 saturated heterocycles. The summed E-state index contributed by atoms with van der Waals surface area (Å²) in [7, 11) is 0. The summed E-state index contributed by atoms with van der Waals surface area (Å²) in [5, 5.41) is 0. The van der Waals surface area contributed by atoms with Crippen LogP contribution in [0, 0.1) is 0 Å². The van der Waals surface area contributed by atoms with Gasteiger partial charge >= 0.3 is 6.18 Å². The maximum Gasteiger partial charge on any atom is 0.422 e. The molecule has 100 valence electrons. The number of thiol groups is 1. The molecule has 0 saturated carbocycles. The van der Waals surface area contributed by atoms with Gasteiger partial charge in [-0.05, 0) is 36.5 Å². The maximum absolute atomic E-state index is 12.2.